The topological polar surface area (TPSA) is 96.0 Å². The molecule has 0 radical (unpaired) electrons. The highest BCUT2D eigenvalue weighted by Crippen LogP contribution is 2.35. The molecule has 174 valence electrons. The van der Waals surface area contributed by atoms with Crippen LogP contribution in [0.4, 0.5) is 5.69 Å². The van der Waals surface area contributed by atoms with Gasteiger partial charge in [0.1, 0.15) is 11.8 Å². The van der Waals surface area contributed by atoms with Gasteiger partial charge in [0.05, 0.1) is 25.6 Å². The summed E-state index contributed by atoms with van der Waals surface area (Å²) in [5.41, 5.74) is 2.99. The van der Waals surface area contributed by atoms with Gasteiger partial charge in [0.2, 0.25) is 11.8 Å². The van der Waals surface area contributed by atoms with Crippen molar-refractivity contribution in [2.24, 2.45) is 0 Å². The molecule has 1 unspecified atom stereocenters. The zero-order chi connectivity index (χ0) is 24.2. The van der Waals surface area contributed by atoms with Crippen LogP contribution in [0.25, 0.3) is 0 Å². The van der Waals surface area contributed by atoms with Crippen LogP contribution >= 0.6 is 22.9 Å². The molecule has 4 rings (SSSR count). The number of hydrogen-bond acceptors (Lipinski definition) is 6. The van der Waals surface area contributed by atoms with E-state index in [1.165, 1.54) is 24.5 Å². The summed E-state index contributed by atoms with van der Waals surface area (Å²) in [6.45, 7) is 0. The number of nitrogens with zero attached hydrogens (tertiary/aromatic N) is 2. The largest absolute Gasteiger partial charge is 0.495 e. The average molecular weight is 498 g/mol. The minimum Gasteiger partial charge on any atom is -0.495 e. The number of rotatable bonds is 6. The maximum Gasteiger partial charge on any atom is 0.273 e. The first-order valence-electron chi connectivity index (χ1n) is 10.3. The molecule has 4 amide bonds. The molecule has 10 heteroatoms. The molecule has 1 aliphatic heterocycles. The Labute approximate surface area is 204 Å². The SMILES string of the molecule is COc1ccc(Cl)cc1N1C(=O)CC(N(NC(=O)Cc2cccs2)C(=O)c2ccccc2)C1=O. The van der Waals surface area contributed by atoms with Crippen LogP contribution in [-0.4, -0.2) is 41.8 Å². The standard InChI is InChI=1S/C24H20ClN3O5S/c1-33-20-10-9-16(25)12-18(20)27-22(30)14-19(24(27)32)28(23(31)15-6-3-2-4-7-15)26-21(29)13-17-8-5-11-34-17/h2-12,19H,13-14H2,1H3,(H,26,29). The minimum atomic E-state index is -1.24. The number of halogens is 1. The predicted octanol–water partition coefficient (Wildman–Crippen LogP) is 3.46. The lowest BCUT2D eigenvalue weighted by Gasteiger charge is -2.28. The second kappa shape index (κ2) is 10.1. The van der Waals surface area contributed by atoms with Crippen LogP contribution in [0.3, 0.4) is 0 Å². The van der Waals surface area contributed by atoms with Crippen LogP contribution in [0.15, 0.2) is 66.0 Å². The number of carbonyl (C=O) groups excluding carboxylic acids is 4. The second-order valence-electron chi connectivity index (χ2n) is 7.44. The molecule has 0 aliphatic carbocycles. The molecule has 1 saturated heterocycles. The van der Waals surface area contributed by atoms with Gasteiger partial charge in [0, 0.05) is 15.5 Å². The third-order valence-electron chi connectivity index (χ3n) is 5.22. The first-order valence-corrected chi connectivity index (χ1v) is 11.6. The molecule has 3 aromatic rings. The van der Waals surface area contributed by atoms with Crippen LogP contribution in [0.1, 0.15) is 21.7 Å². The molecule has 34 heavy (non-hydrogen) atoms. The third kappa shape index (κ3) is 4.80. The molecule has 1 fully saturated rings. The minimum absolute atomic E-state index is 0.0247. The third-order valence-corrected chi connectivity index (χ3v) is 6.33. The van der Waals surface area contributed by atoms with Crippen LogP contribution in [0, 0.1) is 0 Å². The molecule has 1 aliphatic rings. The first kappa shape index (κ1) is 23.5. The van der Waals surface area contributed by atoms with Gasteiger partial charge in [0.25, 0.3) is 11.8 Å². The van der Waals surface area contributed by atoms with Gasteiger partial charge in [-0.2, -0.15) is 0 Å². The van der Waals surface area contributed by atoms with E-state index in [0.29, 0.717) is 5.02 Å². The molecule has 1 aromatic heterocycles. The molecule has 0 spiro atoms. The van der Waals surface area contributed by atoms with Crippen molar-refractivity contribution < 1.29 is 23.9 Å². The Morgan fingerprint density at radius 1 is 1.15 bits per heavy atom. The van der Waals surface area contributed by atoms with Crippen molar-refractivity contribution in [1.29, 1.82) is 0 Å². The number of anilines is 1. The van der Waals surface area contributed by atoms with Crippen molar-refractivity contribution in [3.8, 4) is 5.75 Å². The smallest absolute Gasteiger partial charge is 0.273 e. The molecule has 8 nitrogen and oxygen atoms in total. The summed E-state index contributed by atoms with van der Waals surface area (Å²) in [5.74, 6) is -2.04. The quantitative estimate of drug-likeness (QED) is 0.415. The summed E-state index contributed by atoms with van der Waals surface area (Å²) in [7, 11) is 1.41. The highest BCUT2D eigenvalue weighted by molar-refractivity contribution is 7.10. The van der Waals surface area contributed by atoms with Gasteiger partial charge < -0.3 is 4.74 Å². The number of amides is 4. The number of ether oxygens (including phenoxy) is 1. The van der Waals surface area contributed by atoms with Crippen molar-refractivity contribution in [1.82, 2.24) is 10.4 Å². The summed E-state index contributed by atoms with van der Waals surface area (Å²) >= 11 is 7.49. The predicted molar refractivity (Wildman–Crippen MR) is 128 cm³/mol. The Balaban J connectivity index is 1.66. The van der Waals surface area contributed by atoms with Gasteiger partial charge in [-0.05, 0) is 41.8 Å². The lowest BCUT2D eigenvalue weighted by Crippen LogP contribution is -2.55. The van der Waals surface area contributed by atoms with Crippen molar-refractivity contribution in [2.45, 2.75) is 18.9 Å². The highest BCUT2D eigenvalue weighted by Gasteiger charge is 2.46. The Morgan fingerprint density at radius 2 is 1.91 bits per heavy atom. The van der Waals surface area contributed by atoms with E-state index < -0.39 is 29.7 Å². The van der Waals surface area contributed by atoms with Crippen molar-refractivity contribution in [2.75, 3.05) is 12.0 Å². The number of methoxy groups -OCH3 is 1. The molecule has 0 saturated carbocycles. The number of nitrogens with one attached hydrogen (secondary N) is 1. The van der Waals surface area contributed by atoms with Gasteiger partial charge in [-0.3, -0.25) is 24.6 Å². The Bertz CT molecular complexity index is 1230. The van der Waals surface area contributed by atoms with E-state index in [4.69, 9.17) is 16.3 Å². The van der Waals surface area contributed by atoms with E-state index >= 15 is 0 Å². The van der Waals surface area contributed by atoms with Gasteiger partial charge in [-0.25, -0.2) is 9.91 Å². The molecular weight excluding hydrogens is 478 g/mol. The van der Waals surface area contributed by atoms with Crippen molar-refractivity contribution in [3.05, 3.63) is 81.5 Å². The lowest BCUT2D eigenvalue weighted by molar-refractivity contribution is -0.128. The Morgan fingerprint density at radius 3 is 2.59 bits per heavy atom. The Hall–Kier alpha value is -3.69. The van der Waals surface area contributed by atoms with E-state index in [0.717, 1.165) is 14.8 Å². The number of hydrogen-bond donors (Lipinski definition) is 1. The van der Waals surface area contributed by atoms with Crippen molar-refractivity contribution >= 4 is 52.3 Å². The van der Waals surface area contributed by atoms with E-state index in [1.54, 1.807) is 48.5 Å². The molecule has 0 bridgehead atoms. The van der Waals surface area contributed by atoms with Crippen LogP contribution in [0.2, 0.25) is 5.02 Å². The number of imide groups is 1. The van der Waals surface area contributed by atoms with E-state index in [2.05, 4.69) is 5.43 Å². The maximum atomic E-state index is 13.4. The fourth-order valence-electron chi connectivity index (χ4n) is 3.64. The van der Waals surface area contributed by atoms with E-state index in [1.807, 2.05) is 11.4 Å². The van der Waals surface area contributed by atoms with Crippen LogP contribution in [0.5, 0.6) is 5.75 Å². The van der Waals surface area contributed by atoms with E-state index in [-0.39, 0.29) is 29.8 Å². The number of carbonyl (C=O) groups is 4. The average Bonchev–Trinajstić information content (AvgIpc) is 3.44. The number of thiophene rings is 1. The summed E-state index contributed by atoms with van der Waals surface area (Å²) < 4.78 is 5.29. The van der Waals surface area contributed by atoms with Gasteiger partial charge in [0.15, 0.2) is 0 Å². The summed E-state index contributed by atoms with van der Waals surface area (Å²) in [5, 5.41) is 3.09. The zero-order valence-electron chi connectivity index (χ0n) is 18.1. The monoisotopic (exact) mass is 497 g/mol. The molecular formula is C24H20ClN3O5S. The van der Waals surface area contributed by atoms with Gasteiger partial charge in [-0.1, -0.05) is 35.9 Å². The number of hydrazine groups is 1. The second-order valence-corrected chi connectivity index (χ2v) is 8.90. The number of benzene rings is 2. The molecule has 2 aromatic carbocycles. The lowest BCUT2D eigenvalue weighted by atomic mass is 10.1. The Kier molecular flexibility index (Phi) is 6.95. The molecule has 1 atom stereocenters. The van der Waals surface area contributed by atoms with E-state index in [9.17, 15) is 19.2 Å². The van der Waals surface area contributed by atoms with Crippen LogP contribution < -0.4 is 15.1 Å². The van der Waals surface area contributed by atoms with Gasteiger partial charge in [-0.15, -0.1) is 11.3 Å². The van der Waals surface area contributed by atoms with Gasteiger partial charge >= 0.3 is 0 Å². The highest BCUT2D eigenvalue weighted by atomic mass is 35.5. The summed E-state index contributed by atoms with van der Waals surface area (Å²) in [6.07, 6.45) is -0.288. The first-order chi connectivity index (χ1) is 16.4. The fourth-order valence-corrected chi connectivity index (χ4v) is 4.51. The van der Waals surface area contributed by atoms with Crippen molar-refractivity contribution in [3.63, 3.8) is 0 Å². The molecule has 1 N–H and O–H groups in total. The fraction of sp³-hybridized carbons (Fsp3) is 0.167. The summed E-state index contributed by atoms with van der Waals surface area (Å²) in [4.78, 5) is 54.2. The summed E-state index contributed by atoms with van der Waals surface area (Å²) in [6, 6.07) is 15.2. The van der Waals surface area contributed by atoms with Crippen LogP contribution in [-0.2, 0) is 20.8 Å². The zero-order valence-corrected chi connectivity index (χ0v) is 19.6. The maximum absolute atomic E-state index is 13.4. The normalized spacial score (nSPS) is 15.4. The molecule has 2 heterocycles.